The van der Waals surface area contributed by atoms with Crippen LogP contribution in [0.4, 0.5) is 4.79 Å². The van der Waals surface area contributed by atoms with Crippen LogP contribution in [0, 0.1) is 0 Å². The summed E-state index contributed by atoms with van der Waals surface area (Å²) in [6.07, 6.45) is 0.853. The van der Waals surface area contributed by atoms with Gasteiger partial charge in [-0.15, -0.1) is 0 Å². The predicted octanol–water partition coefficient (Wildman–Crippen LogP) is 1.82. The van der Waals surface area contributed by atoms with E-state index in [2.05, 4.69) is 29.7 Å². The molecule has 1 aliphatic rings. The molecule has 2 atom stereocenters. The van der Waals surface area contributed by atoms with Gasteiger partial charge in [-0.05, 0) is 12.0 Å². The van der Waals surface area contributed by atoms with Crippen LogP contribution in [-0.2, 0) is 4.74 Å². The molecule has 4 heteroatoms. The number of rotatable bonds is 2. The van der Waals surface area contributed by atoms with Crippen LogP contribution in [0.15, 0.2) is 0 Å². The van der Waals surface area contributed by atoms with E-state index < -0.39 is 8.07 Å². The first-order valence-electron chi connectivity index (χ1n) is 4.29. The molecule has 0 aromatic rings. The number of hydrogen-bond donors (Lipinski definition) is 1. The van der Waals surface area contributed by atoms with E-state index in [0.29, 0.717) is 6.04 Å². The summed E-state index contributed by atoms with van der Waals surface area (Å²) in [6, 6.07) is 0.393. The summed E-state index contributed by atoms with van der Waals surface area (Å²) in [4.78, 5) is 10.8. The molecule has 1 aliphatic carbocycles. The molecule has 70 valence electrons. The molecule has 1 rings (SSSR count). The molecular formula is C8H17NO2Si. The summed E-state index contributed by atoms with van der Waals surface area (Å²) in [5.74, 6) is 0. The average molecular weight is 187 g/mol. The average Bonchev–Trinajstić information content (AvgIpc) is 2.66. The van der Waals surface area contributed by atoms with Gasteiger partial charge >= 0.3 is 6.09 Å². The fourth-order valence-electron chi connectivity index (χ4n) is 1.52. The zero-order chi connectivity index (χ0) is 9.35. The van der Waals surface area contributed by atoms with Gasteiger partial charge in [0.2, 0.25) is 0 Å². The first-order chi connectivity index (χ1) is 5.45. The van der Waals surface area contributed by atoms with Crippen LogP contribution in [0.25, 0.3) is 0 Å². The molecule has 1 fully saturated rings. The van der Waals surface area contributed by atoms with Crippen molar-refractivity contribution in [3.8, 4) is 0 Å². The maximum Gasteiger partial charge on any atom is 0.407 e. The summed E-state index contributed by atoms with van der Waals surface area (Å²) in [5, 5.41) is 2.83. The Morgan fingerprint density at radius 3 is 2.42 bits per heavy atom. The molecule has 12 heavy (non-hydrogen) atoms. The van der Waals surface area contributed by atoms with Gasteiger partial charge in [0.25, 0.3) is 0 Å². The molecule has 0 unspecified atom stereocenters. The van der Waals surface area contributed by atoms with E-state index in [4.69, 9.17) is 0 Å². The maximum atomic E-state index is 10.8. The van der Waals surface area contributed by atoms with Gasteiger partial charge in [-0.3, -0.25) is 0 Å². The van der Waals surface area contributed by atoms with Gasteiger partial charge in [-0.2, -0.15) is 0 Å². The van der Waals surface area contributed by atoms with Gasteiger partial charge in [0.15, 0.2) is 0 Å². The quantitative estimate of drug-likeness (QED) is 0.670. The first kappa shape index (κ1) is 9.57. The SMILES string of the molecule is COC(=O)N[C@H]1C[C@@H]1[Si](C)(C)C. The maximum absolute atomic E-state index is 10.8. The van der Waals surface area contributed by atoms with Crippen LogP contribution in [0.3, 0.4) is 0 Å². The summed E-state index contributed by atoms with van der Waals surface area (Å²) >= 11 is 0. The van der Waals surface area contributed by atoms with Crippen molar-refractivity contribution in [2.75, 3.05) is 7.11 Å². The Morgan fingerprint density at radius 2 is 2.08 bits per heavy atom. The third-order valence-electron chi connectivity index (χ3n) is 2.39. The van der Waals surface area contributed by atoms with Crippen LogP contribution in [0.5, 0.6) is 0 Å². The van der Waals surface area contributed by atoms with Gasteiger partial charge in [0, 0.05) is 14.1 Å². The third-order valence-corrected chi connectivity index (χ3v) is 5.25. The zero-order valence-corrected chi connectivity index (χ0v) is 9.18. The number of methoxy groups -OCH3 is 1. The summed E-state index contributed by atoms with van der Waals surface area (Å²) < 4.78 is 4.53. The fraction of sp³-hybridized carbons (Fsp3) is 0.875. The Kier molecular flexibility index (Phi) is 2.46. The molecule has 0 spiro atoms. The van der Waals surface area contributed by atoms with Crippen LogP contribution in [0.1, 0.15) is 6.42 Å². The summed E-state index contributed by atoms with van der Waals surface area (Å²) in [7, 11) is 0.368. The van der Waals surface area contributed by atoms with Gasteiger partial charge in [-0.25, -0.2) is 4.79 Å². The van der Waals surface area contributed by atoms with Crippen molar-refractivity contribution in [2.45, 2.75) is 37.6 Å². The number of amides is 1. The van der Waals surface area contributed by atoms with Crippen LogP contribution < -0.4 is 5.32 Å². The molecule has 0 heterocycles. The van der Waals surface area contributed by atoms with Crippen LogP contribution in [0.2, 0.25) is 25.2 Å². The van der Waals surface area contributed by atoms with Gasteiger partial charge in [0.05, 0.1) is 7.11 Å². The Morgan fingerprint density at radius 1 is 1.50 bits per heavy atom. The van der Waals surface area contributed by atoms with E-state index in [9.17, 15) is 4.79 Å². The van der Waals surface area contributed by atoms with Crippen molar-refractivity contribution in [3.05, 3.63) is 0 Å². The number of carbonyl (C=O) groups is 1. The van der Waals surface area contributed by atoms with Crippen molar-refractivity contribution < 1.29 is 9.53 Å². The second kappa shape index (κ2) is 3.09. The molecule has 0 radical (unpaired) electrons. The Labute approximate surface area is 74.5 Å². The monoisotopic (exact) mass is 187 g/mol. The Balaban J connectivity index is 2.29. The van der Waals surface area contributed by atoms with Gasteiger partial charge < -0.3 is 10.1 Å². The highest BCUT2D eigenvalue weighted by Gasteiger charge is 2.47. The molecule has 0 aromatic carbocycles. The molecule has 0 aliphatic heterocycles. The van der Waals surface area contributed by atoms with E-state index in [0.717, 1.165) is 12.0 Å². The molecule has 1 saturated carbocycles. The smallest absolute Gasteiger partial charge is 0.407 e. The highest BCUT2D eigenvalue weighted by Crippen LogP contribution is 2.45. The molecule has 1 N–H and O–H groups in total. The van der Waals surface area contributed by atoms with Crippen molar-refractivity contribution >= 4 is 14.2 Å². The highest BCUT2D eigenvalue weighted by atomic mass is 28.3. The topological polar surface area (TPSA) is 38.3 Å². The van der Waals surface area contributed by atoms with Crippen molar-refractivity contribution in [1.82, 2.24) is 5.32 Å². The molecule has 1 amide bonds. The lowest BCUT2D eigenvalue weighted by molar-refractivity contribution is 0.170. The molecule has 0 aromatic heterocycles. The number of hydrogen-bond acceptors (Lipinski definition) is 2. The summed E-state index contributed by atoms with van der Waals surface area (Å²) in [6.45, 7) is 6.99. The minimum absolute atomic E-state index is 0.291. The molecule has 0 saturated heterocycles. The number of carbonyl (C=O) groups excluding carboxylic acids is 1. The van der Waals surface area contributed by atoms with Crippen LogP contribution in [-0.4, -0.2) is 27.3 Å². The number of ether oxygens (including phenoxy) is 1. The van der Waals surface area contributed by atoms with E-state index in [1.54, 1.807) is 0 Å². The zero-order valence-electron chi connectivity index (χ0n) is 8.18. The van der Waals surface area contributed by atoms with Crippen LogP contribution >= 0.6 is 0 Å². The molecule has 3 nitrogen and oxygen atoms in total. The number of alkyl carbamates (subject to hydrolysis) is 1. The lowest BCUT2D eigenvalue weighted by atomic mass is 10.7. The second-order valence-electron chi connectivity index (χ2n) is 4.45. The van der Waals surface area contributed by atoms with Gasteiger partial charge in [0.1, 0.15) is 0 Å². The summed E-state index contributed by atoms with van der Waals surface area (Å²) in [5.41, 5.74) is 0.747. The lowest BCUT2D eigenvalue weighted by Gasteiger charge is -2.15. The van der Waals surface area contributed by atoms with E-state index in [1.807, 2.05) is 0 Å². The lowest BCUT2D eigenvalue weighted by Crippen LogP contribution is -2.30. The van der Waals surface area contributed by atoms with Gasteiger partial charge in [-0.1, -0.05) is 19.6 Å². The number of nitrogens with one attached hydrogen (secondary N) is 1. The van der Waals surface area contributed by atoms with Crippen molar-refractivity contribution in [2.24, 2.45) is 0 Å². The van der Waals surface area contributed by atoms with Crippen molar-refractivity contribution in [3.63, 3.8) is 0 Å². The third kappa shape index (κ3) is 2.23. The Bertz CT molecular complexity index is 188. The highest BCUT2D eigenvalue weighted by molar-refractivity contribution is 6.78. The van der Waals surface area contributed by atoms with E-state index in [-0.39, 0.29) is 6.09 Å². The predicted molar refractivity (Wildman–Crippen MR) is 51.0 cm³/mol. The largest absolute Gasteiger partial charge is 0.453 e. The fourth-order valence-corrected chi connectivity index (χ4v) is 3.77. The molecular weight excluding hydrogens is 170 g/mol. The van der Waals surface area contributed by atoms with E-state index in [1.165, 1.54) is 7.11 Å². The normalized spacial score (nSPS) is 28.0. The standard InChI is InChI=1S/C8H17NO2Si/c1-11-8(10)9-6-5-7(6)12(2,3)4/h6-7H,5H2,1-4H3,(H,9,10)/t6-,7-/m0/s1. The minimum atomic E-state index is -1.04. The van der Waals surface area contributed by atoms with Crippen molar-refractivity contribution in [1.29, 1.82) is 0 Å². The second-order valence-corrected chi connectivity index (χ2v) is 9.92. The minimum Gasteiger partial charge on any atom is -0.453 e. The Hall–Kier alpha value is -0.513. The van der Waals surface area contributed by atoms with E-state index >= 15 is 0 Å². The molecule has 0 bridgehead atoms. The first-order valence-corrected chi connectivity index (χ1v) is 7.87.